The molecule has 0 fully saturated rings. The summed E-state index contributed by atoms with van der Waals surface area (Å²) in [5.74, 6) is 0.613. The summed E-state index contributed by atoms with van der Waals surface area (Å²) >= 11 is 0. The highest BCUT2D eigenvalue weighted by molar-refractivity contribution is 5.04. The van der Waals surface area contributed by atoms with Crippen molar-refractivity contribution in [2.45, 2.75) is 32.4 Å². The molecule has 0 aliphatic rings. The quantitative estimate of drug-likeness (QED) is 0.757. The van der Waals surface area contributed by atoms with Crippen LogP contribution in [-0.2, 0) is 11.3 Å². The minimum atomic E-state index is -0.131. The highest BCUT2D eigenvalue weighted by Crippen LogP contribution is 2.17. The molecule has 1 unspecified atom stereocenters. The molecule has 1 heterocycles. The SMILES string of the molecule is CCCC(OC)c1nc(CNC)cc(=O)[nH]1. The fourth-order valence-electron chi connectivity index (χ4n) is 1.58. The van der Waals surface area contributed by atoms with Crippen LogP contribution in [0.25, 0.3) is 0 Å². The Balaban J connectivity index is 2.97. The second kappa shape index (κ2) is 6.40. The van der Waals surface area contributed by atoms with E-state index in [9.17, 15) is 4.79 Å². The van der Waals surface area contributed by atoms with Gasteiger partial charge >= 0.3 is 0 Å². The summed E-state index contributed by atoms with van der Waals surface area (Å²) in [6.45, 7) is 2.65. The standard InChI is InChI=1S/C11H19N3O2/c1-4-5-9(16-3)11-13-8(7-12-2)6-10(15)14-11/h6,9,12H,4-5,7H2,1-3H3,(H,13,14,15). The summed E-state index contributed by atoms with van der Waals surface area (Å²) in [5.41, 5.74) is 0.604. The molecule has 0 saturated heterocycles. The number of methoxy groups -OCH3 is 1. The molecule has 0 bridgehead atoms. The molecule has 5 nitrogen and oxygen atoms in total. The molecular weight excluding hydrogens is 206 g/mol. The topological polar surface area (TPSA) is 67.0 Å². The number of nitrogens with zero attached hydrogens (tertiary/aromatic N) is 1. The Bertz CT molecular complexity index is 376. The predicted octanol–water partition coefficient (Wildman–Crippen LogP) is 0.977. The van der Waals surface area contributed by atoms with Gasteiger partial charge in [-0.2, -0.15) is 0 Å². The van der Waals surface area contributed by atoms with Gasteiger partial charge < -0.3 is 15.0 Å². The fourth-order valence-corrected chi connectivity index (χ4v) is 1.58. The van der Waals surface area contributed by atoms with Gasteiger partial charge in [0.25, 0.3) is 5.56 Å². The van der Waals surface area contributed by atoms with Crippen LogP contribution in [0.5, 0.6) is 0 Å². The van der Waals surface area contributed by atoms with Crippen molar-refractivity contribution in [1.82, 2.24) is 15.3 Å². The van der Waals surface area contributed by atoms with E-state index in [1.54, 1.807) is 7.11 Å². The lowest BCUT2D eigenvalue weighted by Gasteiger charge is -2.14. The Morgan fingerprint density at radius 2 is 2.38 bits per heavy atom. The summed E-state index contributed by atoms with van der Waals surface area (Å²) in [6.07, 6.45) is 1.70. The van der Waals surface area contributed by atoms with Crippen LogP contribution in [-0.4, -0.2) is 24.1 Å². The van der Waals surface area contributed by atoms with Gasteiger partial charge in [0, 0.05) is 19.7 Å². The molecule has 1 aromatic rings. The van der Waals surface area contributed by atoms with Gasteiger partial charge in [-0.25, -0.2) is 4.98 Å². The fraction of sp³-hybridized carbons (Fsp3) is 0.636. The van der Waals surface area contributed by atoms with Gasteiger partial charge in [-0.3, -0.25) is 4.79 Å². The van der Waals surface area contributed by atoms with E-state index in [4.69, 9.17) is 4.74 Å². The molecule has 90 valence electrons. The maximum absolute atomic E-state index is 11.4. The monoisotopic (exact) mass is 225 g/mol. The summed E-state index contributed by atoms with van der Waals surface area (Å²) in [4.78, 5) is 18.5. The van der Waals surface area contributed by atoms with Gasteiger partial charge in [-0.1, -0.05) is 13.3 Å². The highest BCUT2D eigenvalue weighted by atomic mass is 16.5. The van der Waals surface area contributed by atoms with Crippen LogP contribution >= 0.6 is 0 Å². The zero-order chi connectivity index (χ0) is 12.0. The van der Waals surface area contributed by atoms with Gasteiger partial charge in [0.2, 0.25) is 0 Å². The maximum atomic E-state index is 11.4. The lowest BCUT2D eigenvalue weighted by Crippen LogP contribution is -2.19. The van der Waals surface area contributed by atoms with Crippen LogP contribution in [0.15, 0.2) is 10.9 Å². The zero-order valence-corrected chi connectivity index (χ0v) is 10.0. The third-order valence-corrected chi connectivity index (χ3v) is 2.31. The zero-order valence-electron chi connectivity index (χ0n) is 10.0. The van der Waals surface area contributed by atoms with Crippen molar-refractivity contribution in [3.63, 3.8) is 0 Å². The Labute approximate surface area is 95.3 Å². The van der Waals surface area contributed by atoms with Crippen LogP contribution in [0.3, 0.4) is 0 Å². The first-order valence-corrected chi connectivity index (χ1v) is 5.48. The Hall–Kier alpha value is -1.20. The van der Waals surface area contributed by atoms with Crippen molar-refractivity contribution < 1.29 is 4.74 Å². The summed E-state index contributed by atoms with van der Waals surface area (Å²) in [7, 11) is 3.45. The molecular formula is C11H19N3O2. The van der Waals surface area contributed by atoms with Crippen LogP contribution in [0.4, 0.5) is 0 Å². The average Bonchev–Trinajstić information content (AvgIpc) is 2.25. The predicted molar refractivity (Wildman–Crippen MR) is 62.3 cm³/mol. The number of aromatic nitrogens is 2. The number of aromatic amines is 1. The second-order valence-corrected chi connectivity index (χ2v) is 3.67. The Morgan fingerprint density at radius 1 is 1.62 bits per heavy atom. The third kappa shape index (κ3) is 3.43. The van der Waals surface area contributed by atoms with Gasteiger partial charge in [0.1, 0.15) is 11.9 Å². The maximum Gasteiger partial charge on any atom is 0.251 e. The number of hydrogen-bond acceptors (Lipinski definition) is 4. The molecule has 0 aliphatic heterocycles. The molecule has 0 spiro atoms. The number of hydrogen-bond donors (Lipinski definition) is 2. The second-order valence-electron chi connectivity index (χ2n) is 3.67. The van der Waals surface area contributed by atoms with Crippen molar-refractivity contribution in [2.24, 2.45) is 0 Å². The molecule has 2 N–H and O–H groups in total. The molecule has 0 aromatic carbocycles. The number of ether oxygens (including phenoxy) is 1. The highest BCUT2D eigenvalue weighted by Gasteiger charge is 2.12. The number of nitrogens with one attached hydrogen (secondary N) is 2. The van der Waals surface area contributed by atoms with Gasteiger partial charge in [-0.15, -0.1) is 0 Å². The number of H-pyrrole nitrogens is 1. The smallest absolute Gasteiger partial charge is 0.251 e. The molecule has 0 radical (unpaired) electrons. The van der Waals surface area contributed by atoms with E-state index in [0.717, 1.165) is 18.5 Å². The summed E-state index contributed by atoms with van der Waals surface area (Å²) in [6, 6.07) is 1.50. The lowest BCUT2D eigenvalue weighted by atomic mass is 10.2. The van der Waals surface area contributed by atoms with E-state index in [1.165, 1.54) is 6.07 Å². The van der Waals surface area contributed by atoms with E-state index in [-0.39, 0.29) is 11.7 Å². The van der Waals surface area contributed by atoms with Crippen molar-refractivity contribution in [1.29, 1.82) is 0 Å². The summed E-state index contributed by atoms with van der Waals surface area (Å²) < 4.78 is 5.31. The first-order valence-electron chi connectivity index (χ1n) is 5.48. The van der Waals surface area contributed by atoms with Crippen molar-refractivity contribution in [2.75, 3.05) is 14.2 Å². The molecule has 5 heteroatoms. The van der Waals surface area contributed by atoms with E-state index in [2.05, 4.69) is 22.2 Å². The largest absolute Gasteiger partial charge is 0.374 e. The Kier molecular flexibility index (Phi) is 5.14. The molecule has 0 aliphatic carbocycles. The Morgan fingerprint density at radius 3 is 2.94 bits per heavy atom. The van der Waals surface area contributed by atoms with E-state index < -0.39 is 0 Å². The van der Waals surface area contributed by atoms with Gasteiger partial charge in [0.05, 0.1) is 5.69 Å². The van der Waals surface area contributed by atoms with E-state index in [1.807, 2.05) is 7.05 Å². The van der Waals surface area contributed by atoms with Gasteiger partial charge in [-0.05, 0) is 13.5 Å². The molecule has 1 atom stereocenters. The van der Waals surface area contributed by atoms with Crippen LogP contribution in [0.2, 0.25) is 0 Å². The molecule has 1 aromatic heterocycles. The average molecular weight is 225 g/mol. The van der Waals surface area contributed by atoms with Crippen LogP contribution < -0.4 is 10.9 Å². The lowest BCUT2D eigenvalue weighted by molar-refractivity contribution is 0.0871. The van der Waals surface area contributed by atoms with Crippen LogP contribution in [0, 0.1) is 0 Å². The van der Waals surface area contributed by atoms with Gasteiger partial charge in [0.15, 0.2) is 0 Å². The summed E-state index contributed by atoms with van der Waals surface area (Å²) in [5, 5.41) is 2.97. The minimum Gasteiger partial charge on any atom is -0.374 e. The normalized spacial score (nSPS) is 12.7. The number of rotatable bonds is 6. The molecule has 0 saturated carbocycles. The van der Waals surface area contributed by atoms with E-state index >= 15 is 0 Å². The third-order valence-electron chi connectivity index (χ3n) is 2.31. The molecule has 16 heavy (non-hydrogen) atoms. The molecule has 1 rings (SSSR count). The van der Waals surface area contributed by atoms with Crippen molar-refractivity contribution in [3.8, 4) is 0 Å². The van der Waals surface area contributed by atoms with Crippen molar-refractivity contribution >= 4 is 0 Å². The van der Waals surface area contributed by atoms with Crippen molar-refractivity contribution in [3.05, 3.63) is 27.9 Å². The van der Waals surface area contributed by atoms with E-state index in [0.29, 0.717) is 12.4 Å². The first-order chi connectivity index (χ1) is 7.71. The minimum absolute atomic E-state index is 0.130. The van der Waals surface area contributed by atoms with Crippen LogP contribution in [0.1, 0.15) is 37.4 Å². The molecule has 0 amide bonds. The first kappa shape index (κ1) is 12.9.